The maximum absolute atomic E-state index is 5.78. The second-order valence-corrected chi connectivity index (χ2v) is 3.91. The van der Waals surface area contributed by atoms with Crippen molar-refractivity contribution >= 4 is 0 Å². The quantitative estimate of drug-likeness (QED) is 0.605. The van der Waals surface area contributed by atoms with E-state index in [-0.39, 0.29) is 11.2 Å². The fraction of sp³-hybridized carbons (Fsp3) is 1.00. The van der Waals surface area contributed by atoms with Crippen LogP contribution >= 0.6 is 0 Å². The lowest BCUT2D eigenvalue weighted by Crippen LogP contribution is -2.41. The average Bonchev–Trinajstić information content (AvgIpc) is 2.30. The Kier molecular flexibility index (Phi) is 2.23. The minimum Gasteiger partial charge on any atom is -0.366 e. The molecule has 0 spiro atoms. The predicted molar refractivity (Wildman–Crippen MR) is 45.2 cm³/mol. The molecule has 1 heterocycles. The molecule has 0 amide bonds. The van der Waals surface area contributed by atoms with Gasteiger partial charge in [-0.2, -0.15) is 0 Å². The molecule has 11 heavy (non-hydrogen) atoms. The topological polar surface area (TPSA) is 61.3 Å². The molecule has 4 N–H and O–H groups in total. The monoisotopic (exact) mass is 158 g/mol. The highest BCUT2D eigenvalue weighted by Gasteiger charge is 2.41. The van der Waals surface area contributed by atoms with E-state index in [0.717, 1.165) is 12.8 Å². The Balaban J connectivity index is 2.58. The van der Waals surface area contributed by atoms with Crippen molar-refractivity contribution < 1.29 is 4.74 Å². The van der Waals surface area contributed by atoms with Crippen LogP contribution < -0.4 is 11.5 Å². The lowest BCUT2D eigenvalue weighted by atomic mass is 9.98. The number of hydrogen-bond acceptors (Lipinski definition) is 3. The molecule has 0 bridgehead atoms. The molecule has 3 heteroatoms. The smallest absolute Gasteiger partial charge is 0.0785 e. The van der Waals surface area contributed by atoms with Crippen molar-refractivity contribution in [1.82, 2.24) is 0 Å². The normalized spacial score (nSPS) is 44.7. The fourth-order valence-electron chi connectivity index (χ4n) is 1.51. The van der Waals surface area contributed by atoms with E-state index < -0.39 is 0 Å². The number of nitrogens with two attached hydrogens (primary N) is 2. The molecular formula is C8H18N2O. The first-order chi connectivity index (χ1) is 5.04. The van der Waals surface area contributed by atoms with Crippen molar-refractivity contribution in [2.45, 2.75) is 37.9 Å². The van der Waals surface area contributed by atoms with Gasteiger partial charge in [-0.3, -0.25) is 0 Å². The van der Waals surface area contributed by atoms with Crippen LogP contribution in [0.15, 0.2) is 0 Å². The van der Waals surface area contributed by atoms with Gasteiger partial charge in [0.15, 0.2) is 0 Å². The molecule has 3 nitrogen and oxygen atoms in total. The van der Waals surface area contributed by atoms with Crippen LogP contribution in [-0.2, 0) is 4.74 Å². The Morgan fingerprint density at radius 3 is 1.64 bits per heavy atom. The first kappa shape index (κ1) is 8.97. The zero-order valence-electron chi connectivity index (χ0n) is 7.39. The average molecular weight is 158 g/mol. The summed E-state index contributed by atoms with van der Waals surface area (Å²) in [6.07, 6.45) is 2.05. The summed E-state index contributed by atoms with van der Waals surface area (Å²) in [5, 5.41) is 0. The van der Waals surface area contributed by atoms with Crippen LogP contribution in [0.5, 0.6) is 0 Å². The molecule has 0 aromatic rings. The van der Waals surface area contributed by atoms with Gasteiger partial charge in [0.25, 0.3) is 0 Å². The maximum atomic E-state index is 5.78. The number of hydrogen-bond donors (Lipinski definition) is 2. The lowest BCUT2D eigenvalue weighted by molar-refractivity contribution is -0.0744. The van der Waals surface area contributed by atoms with E-state index in [4.69, 9.17) is 16.2 Å². The van der Waals surface area contributed by atoms with Crippen molar-refractivity contribution in [3.05, 3.63) is 0 Å². The van der Waals surface area contributed by atoms with Crippen LogP contribution in [-0.4, -0.2) is 24.3 Å². The van der Waals surface area contributed by atoms with Crippen LogP contribution in [0.2, 0.25) is 0 Å². The largest absolute Gasteiger partial charge is 0.366 e. The third-order valence-electron chi connectivity index (χ3n) is 2.54. The van der Waals surface area contributed by atoms with E-state index in [1.165, 1.54) is 0 Å². The Bertz CT molecular complexity index is 135. The molecule has 0 aromatic heterocycles. The summed E-state index contributed by atoms with van der Waals surface area (Å²) in [6, 6.07) is 0. The minimum atomic E-state index is -0.131. The molecule has 0 aromatic carbocycles. The second-order valence-electron chi connectivity index (χ2n) is 3.91. The zero-order valence-corrected chi connectivity index (χ0v) is 7.39. The molecule has 1 aliphatic heterocycles. The van der Waals surface area contributed by atoms with Crippen LogP contribution in [0.3, 0.4) is 0 Å². The van der Waals surface area contributed by atoms with Crippen molar-refractivity contribution in [2.75, 3.05) is 13.1 Å². The van der Waals surface area contributed by atoms with Gasteiger partial charge in [0.05, 0.1) is 11.2 Å². The summed E-state index contributed by atoms with van der Waals surface area (Å²) in [6.45, 7) is 5.27. The van der Waals surface area contributed by atoms with E-state index in [1.807, 2.05) is 13.8 Å². The highest BCUT2D eigenvalue weighted by molar-refractivity contribution is 4.93. The molecule has 1 fully saturated rings. The number of ether oxygens (including phenoxy) is 1. The van der Waals surface area contributed by atoms with Gasteiger partial charge in [0.2, 0.25) is 0 Å². The van der Waals surface area contributed by atoms with Crippen molar-refractivity contribution in [3.63, 3.8) is 0 Å². The van der Waals surface area contributed by atoms with Crippen LogP contribution in [0.25, 0.3) is 0 Å². The van der Waals surface area contributed by atoms with Crippen molar-refractivity contribution in [1.29, 1.82) is 0 Å². The molecule has 2 unspecified atom stereocenters. The first-order valence-corrected chi connectivity index (χ1v) is 4.14. The highest BCUT2D eigenvalue weighted by atomic mass is 16.5. The summed E-state index contributed by atoms with van der Waals surface area (Å²) in [5.74, 6) is 0. The van der Waals surface area contributed by atoms with Gasteiger partial charge in [0, 0.05) is 13.1 Å². The van der Waals surface area contributed by atoms with E-state index in [2.05, 4.69) is 0 Å². The van der Waals surface area contributed by atoms with Gasteiger partial charge in [-0.1, -0.05) is 0 Å². The van der Waals surface area contributed by atoms with Gasteiger partial charge in [-0.05, 0) is 26.7 Å². The van der Waals surface area contributed by atoms with E-state index in [0.29, 0.717) is 13.1 Å². The van der Waals surface area contributed by atoms with Crippen LogP contribution in [0, 0.1) is 0 Å². The molecule has 1 aliphatic rings. The molecule has 1 rings (SSSR count). The Morgan fingerprint density at radius 1 is 1.09 bits per heavy atom. The van der Waals surface area contributed by atoms with E-state index in [9.17, 15) is 0 Å². The van der Waals surface area contributed by atoms with E-state index >= 15 is 0 Å². The van der Waals surface area contributed by atoms with Crippen molar-refractivity contribution in [3.8, 4) is 0 Å². The summed E-state index contributed by atoms with van der Waals surface area (Å²) in [5.41, 5.74) is 10.9. The lowest BCUT2D eigenvalue weighted by Gasteiger charge is -2.28. The Hall–Kier alpha value is -0.120. The van der Waals surface area contributed by atoms with Gasteiger partial charge in [-0.25, -0.2) is 0 Å². The van der Waals surface area contributed by atoms with Crippen LogP contribution in [0.1, 0.15) is 26.7 Å². The summed E-state index contributed by atoms with van der Waals surface area (Å²) < 4.78 is 5.78. The molecule has 1 saturated heterocycles. The Morgan fingerprint density at radius 2 is 1.45 bits per heavy atom. The number of rotatable bonds is 2. The highest BCUT2D eigenvalue weighted by Crippen LogP contribution is 2.35. The van der Waals surface area contributed by atoms with Gasteiger partial charge >= 0.3 is 0 Å². The minimum absolute atomic E-state index is 0.131. The van der Waals surface area contributed by atoms with Gasteiger partial charge < -0.3 is 16.2 Å². The molecule has 2 atom stereocenters. The first-order valence-electron chi connectivity index (χ1n) is 4.14. The molecule has 0 aliphatic carbocycles. The zero-order chi connectivity index (χ0) is 8.54. The standard InChI is InChI=1S/C8H18N2O/c1-7(5-9)3-4-8(2,6-10)11-7/h3-6,9-10H2,1-2H3. The Labute approximate surface area is 68.1 Å². The van der Waals surface area contributed by atoms with Crippen molar-refractivity contribution in [2.24, 2.45) is 11.5 Å². The third kappa shape index (κ3) is 1.72. The third-order valence-corrected chi connectivity index (χ3v) is 2.54. The molecule has 0 radical (unpaired) electrons. The van der Waals surface area contributed by atoms with E-state index in [1.54, 1.807) is 0 Å². The summed E-state index contributed by atoms with van der Waals surface area (Å²) in [7, 11) is 0. The molecule has 66 valence electrons. The molecular weight excluding hydrogens is 140 g/mol. The van der Waals surface area contributed by atoms with Gasteiger partial charge in [-0.15, -0.1) is 0 Å². The summed E-state index contributed by atoms with van der Waals surface area (Å²) in [4.78, 5) is 0. The SMILES string of the molecule is CC1(CN)CCC(C)(CN)O1. The van der Waals surface area contributed by atoms with Gasteiger partial charge in [0.1, 0.15) is 0 Å². The fourth-order valence-corrected chi connectivity index (χ4v) is 1.51. The van der Waals surface area contributed by atoms with Crippen LogP contribution in [0.4, 0.5) is 0 Å². The second kappa shape index (κ2) is 2.73. The summed E-state index contributed by atoms with van der Waals surface area (Å²) >= 11 is 0. The maximum Gasteiger partial charge on any atom is 0.0785 e. The molecule has 0 saturated carbocycles. The predicted octanol–water partition coefficient (Wildman–Crippen LogP) is 0.232.